The van der Waals surface area contributed by atoms with Gasteiger partial charge in [0.2, 0.25) is 5.91 Å². The van der Waals surface area contributed by atoms with E-state index in [1.807, 2.05) is 24.3 Å². The third-order valence-corrected chi connectivity index (χ3v) is 3.58. The Morgan fingerprint density at radius 2 is 2.39 bits per heavy atom. The van der Waals surface area contributed by atoms with Crippen molar-refractivity contribution in [2.75, 3.05) is 23.6 Å². The van der Waals surface area contributed by atoms with Crippen molar-refractivity contribution in [1.29, 1.82) is 0 Å². The molecule has 1 aromatic rings. The fraction of sp³-hybridized carbons (Fsp3) is 0.462. The summed E-state index contributed by atoms with van der Waals surface area (Å²) in [7, 11) is 0. The van der Waals surface area contributed by atoms with Crippen molar-refractivity contribution in [2.24, 2.45) is 0 Å². The topological polar surface area (TPSA) is 50.4 Å². The van der Waals surface area contributed by atoms with Crippen molar-refractivity contribution < 1.29 is 9.53 Å². The van der Waals surface area contributed by atoms with Crippen molar-refractivity contribution in [3.8, 4) is 5.75 Å². The van der Waals surface area contributed by atoms with Crippen molar-refractivity contribution >= 4 is 23.4 Å². The Morgan fingerprint density at radius 3 is 3.11 bits per heavy atom. The molecule has 2 N–H and O–H groups in total. The van der Waals surface area contributed by atoms with Crippen molar-refractivity contribution in [2.45, 2.75) is 19.4 Å². The predicted octanol–water partition coefficient (Wildman–Crippen LogP) is 2.08. The van der Waals surface area contributed by atoms with Crippen LogP contribution < -0.4 is 15.4 Å². The van der Waals surface area contributed by atoms with Crippen LogP contribution in [0.4, 0.5) is 5.69 Å². The lowest BCUT2D eigenvalue weighted by Gasteiger charge is -2.14. The molecule has 5 heteroatoms. The first-order chi connectivity index (χ1) is 8.81. The molecular weight excluding hydrogens is 248 g/mol. The highest BCUT2D eigenvalue weighted by Crippen LogP contribution is 2.24. The van der Waals surface area contributed by atoms with Gasteiger partial charge in [0, 0.05) is 11.6 Å². The third kappa shape index (κ3) is 3.40. The lowest BCUT2D eigenvalue weighted by molar-refractivity contribution is -0.117. The average molecular weight is 266 g/mol. The molecule has 1 fully saturated rings. The number of hydrogen-bond acceptors (Lipinski definition) is 4. The summed E-state index contributed by atoms with van der Waals surface area (Å²) in [5, 5.41) is 6.07. The van der Waals surface area contributed by atoms with Crippen molar-refractivity contribution in [3.63, 3.8) is 0 Å². The number of carbonyl (C=O) groups is 1. The van der Waals surface area contributed by atoms with Crippen LogP contribution in [0.25, 0.3) is 0 Å². The predicted molar refractivity (Wildman–Crippen MR) is 75.1 cm³/mol. The van der Waals surface area contributed by atoms with Crippen LogP contribution in [0.15, 0.2) is 24.3 Å². The number of nitrogens with one attached hydrogen (secondary N) is 2. The van der Waals surface area contributed by atoms with Crippen LogP contribution in [0.3, 0.4) is 0 Å². The molecule has 0 radical (unpaired) electrons. The lowest BCUT2D eigenvalue weighted by atomic mass is 10.2. The molecule has 1 aliphatic heterocycles. The Labute approximate surface area is 111 Å². The second-order valence-corrected chi connectivity index (χ2v) is 5.14. The van der Waals surface area contributed by atoms with E-state index in [1.165, 1.54) is 0 Å². The fourth-order valence-corrected chi connectivity index (χ4v) is 2.63. The quantitative estimate of drug-likeness (QED) is 0.856. The monoisotopic (exact) mass is 266 g/mol. The van der Waals surface area contributed by atoms with Gasteiger partial charge in [-0.3, -0.25) is 10.1 Å². The van der Waals surface area contributed by atoms with Crippen LogP contribution >= 0.6 is 11.8 Å². The van der Waals surface area contributed by atoms with E-state index in [9.17, 15) is 4.79 Å². The molecule has 0 saturated carbocycles. The molecule has 0 aromatic heterocycles. The number of amides is 1. The molecule has 0 bridgehead atoms. The van der Waals surface area contributed by atoms with Gasteiger partial charge in [0.1, 0.15) is 5.75 Å². The largest absolute Gasteiger partial charge is 0.491 e. The van der Waals surface area contributed by atoms with E-state index < -0.39 is 0 Å². The number of para-hydroxylation sites is 2. The number of carbonyl (C=O) groups excluding carboxylic acids is 1. The van der Waals surface area contributed by atoms with Gasteiger partial charge in [-0.05, 0) is 18.6 Å². The SMILES string of the molecule is CCCOc1ccccc1NC(=O)C1CSCN1. The van der Waals surface area contributed by atoms with Crippen LogP contribution in [0.1, 0.15) is 13.3 Å². The van der Waals surface area contributed by atoms with E-state index in [1.54, 1.807) is 11.8 Å². The van der Waals surface area contributed by atoms with Gasteiger partial charge in [0.15, 0.2) is 0 Å². The highest BCUT2D eigenvalue weighted by Gasteiger charge is 2.23. The Morgan fingerprint density at radius 1 is 1.56 bits per heavy atom. The van der Waals surface area contributed by atoms with E-state index in [0.717, 1.165) is 29.5 Å². The minimum Gasteiger partial charge on any atom is -0.491 e. The van der Waals surface area contributed by atoms with Gasteiger partial charge in [0.25, 0.3) is 0 Å². The van der Waals surface area contributed by atoms with E-state index in [2.05, 4.69) is 17.6 Å². The zero-order valence-electron chi connectivity index (χ0n) is 10.4. The van der Waals surface area contributed by atoms with Gasteiger partial charge in [-0.1, -0.05) is 19.1 Å². The standard InChI is InChI=1S/C13H18N2O2S/c1-2-7-17-12-6-4-3-5-10(12)15-13(16)11-8-18-9-14-11/h3-6,11,14H,2,7-9H2,1H3,(H,15,16). The summed E-state index contributed by atoms with van der Waals surface area (Å²) >= 11 is 1.74. The van der Waals surface area contributed by atoms with Crippen LogP contribution in [0.5, 0.6) is 5.75 Å². The van der Waals surface area contributed by atoms with Gasteiger partial charge in [-0.15, -0.1) is 11.8 Å². The molecule has 0 spiro atoms. The maximum atomic E-state index is 12.0. The number of hydrogen-bond donors (Lipinski definition) is 2. The molecule has 1 heterocycles. The Kier molecular flexibility index (Phi) is 4.90. The van der Waals surface area contributed by atoms with E-state index in [4.69, 9.17) is 4.74 Å². The van der Waals surface area contributed by atoms with Crippen LogP contribution in [-0.2, 0) is 4.79 Å². The average Bonchev–Trinajstić information content (AvgIpc) is 2.91. The molecule has 98 valence electrons. The zero-order chi connectivity index (χ0) is 12.8. The first-order valence-electron chi connectivity index (χ1n) is 6.15. The Hall–Kier alpha value is -1.20. The van der Waals surface area contributed by atoms with Gasteiger partial charge < -0.3 is 10.1 Å². The molecular formula is C13H18N2O2S. The van der Waals surface area contributed by atoms with Gasteiger partial charge in [-0.25, -0.2) is 0 Å². The molecule has 1 atom stereocenters. The van der Waals surface area contributed by atoms with Crippen molar-refractivity contribution in [3.05, 3.63) is 24.3 Å². The smallest absolute Gasteiger partial charge is 0.242 e. The zero-order valence-corrected chi connectivity index (χ0v) is 11.3. The lowest BCUT2D eigenvalue weighted by Crippen LogP contribution is -2.37. The van der Waals surface area contributed by atoms with Gasteiger partial charge in [0.05, 0.1) is 18.3 Å². The molecule has 2 rings (SSSR count). The molecule has 18 heavy (non-hydrogen) atoms. The molecule has 0 aliphatic carbocycles. The molecule has 1 aliphatic rings. The maximum Gasteiger partial charge on any atom is 0.242 e. The maximum absolute atomic E-state index is 12.0. The molecule has 1 saturated heterocycles. The summed E-state index contributed by atoms with van der Waals surface area (Å²) in [5.41, 5.74) is 0.745. The Bertz CT molecular complexity index is 406. The summed E-state index contributed by atoms with van der Waals surface area (Å²) in [6, 6.07) is 7.44. The van der Waals surface area contributed by atoms with Gasteiger partial charge >= 0.3 is 0 Å². The molecule has 1 aromatic carbocycles. The summed E-state index contributed by atoms with van der Waals surface area (Å²) < 4.78 is 5.61. The summed E-state index contributed by atoms with van der Waals surface area (Å²) in [6.07, 6.45) is 0.948. The Balaban J connectivity index is 2.00. The third-order valence-electron chi connectivity index (χ3n) is 2.64. The summed E-state index contributed by atoms with van der Waals surface area (Å²) in [6.45, 7) is 2.71. The van der Waals surface area contributed by atoms with E-state index in [-0.39, 0.29) is 11.9 Å². The number of thioether (sulfide) groups is 1. The number of anilines is 1. The highest BCUT2D eigenvalue weighted by molar-refractivity contribution is 7.99. The molecule has 1 unspecified atom stereocenters. The second kappa shape index (κ2) is 6.66. The summed E-state index contributed by atoms with van der Waals surface area (Å²) in [4.78, 5) is 12.0. The van der Waals surface area contributed by atoms with Crippen LogP contribution in [0, 0.1) is 0 Å². The first kappa shape index (κ1) is 13.2. The first-order valence-corrected chi connectivity index (χ1v) is 7.30. The second-order valence-electron chi connectivity index (χ2n) is 4.11. The number of benzene rings is 1. The van der Waals surface area contributed by atoms with Crippen LogP contribution in [0.2, 0.25) is 0 Å². The number of ether oxygens (including phenoxy) is 1. The fourth-order valence-electron chi connectivity index (χ4n) is 1.69. The van der Waals surface area contributed by atoms with Crippen molar-refractivity contribution in [1.82, 2.24) is 5.32 Å². The minimum atomic E-state index is -0.103. The summed E-state index contributed by atoms with van der Waals surface area (Å²) in [5.74, 6) is 2.40. The van der Waals surface area contributed by atoms with E-state index in [0.29, 0.717) is 6.61 Å². The highest BCUT2D eigenvalue weighted by atomic mass is 32.2. The number of rotatable bonds is 5. The molecule has 1 amide bonds. The molecule has 4 nitrogen and oxygen atoms in total. The normalized spacial score (nSPS) is 18.6. The minimum absolute atomic E-state index is 0.00699. The van der Waals surface area contributed by atoms with E-state index >= 15 is 0 Å². The van der Waals surface area contributed by atoms with Gasteiger partial charge in [-0.2, -0.15) is 0 Å². The van der Waals surface area contributed by atoms with Crippen LogP contribution in [-0.4, -0.2) is 30.2 Å².